The number of nitrogens with zero attached hydrogens (tertiary/aromatic N) is 4. The first-order valence-corrected chi connectivity index (χ1v) is 9.49. The fraction of sp³-hybridized carbons (Fsp3) is 0.588. The van der Waals surface area contributed by atoms with Crippen molar-refractivity contribution >= 4 is 17.7 Å². The Morgan fingerprint density at radius 3 is 3.04 bits per heavy atom. The third-order valence-electron chi connectivity index (χ3n) is 4.83. The van der Waals surface area contributed by atoms with E-state index in [0.29, 0.717) is 11.1 Å². The molecule has 0 radical (unpaired) electrons. The second-order valence-electron chi connectivity index (χ2n) is 6.66. The molecular formula is C17H22N4O2S. The summed E-state index contributed by atoms with van der Waals surface area (Å²) >= 11 is 1.52. The summed E-state index contributed by atoms with van der Waals surface area (Å²) in [6.45, 7) is 6.26. The number of aryl methyl sites for hydroxylation is 1. The first-order valence-electron chi connectivity index (χ1n) is 8.61. The van der Waals surface area contributed by atoms with Crippen molar-refractivity contribution < 1.29 is 9.21 Å². The molecule has 0 amide bonds. The lowest BCUT2D eigenvalue weighted by Gasteiger charge is -2.37. The molecule has 0 bridgehead atoms. The summed E-state index contributed by atoms with van der Waals surface area (Å²) in [5, 5.41) is 4.81. The van der Waals surface area contributed by atoms with E-state index in [4.69, 9.17) is 4.42 Å². The van der Waals surface area contributed by atoms with Crippen molar-refractivity contribution in [2.75, 3.05) is 13.1 Å². The van der Waals surface area contributed by atoms with Gasteiger partial charge in [-0.1, -0.05) is 25.6 Å². The number of rotatable bonds is 4. The third kappa shape index (κ3) is 2.69. The van der Waals surface area contributed by atoms with Crippen LogP contribution < -0.4 is 0 Å². The summed E-state index contributed by atoms with van der Waals surface area (Å²) < 4.78 is 7.19. The minimum Gasteiger partial charge on any atom is -0.468 e. The normalized spacial score (nSPS) is 25.8. The van der Waals surface area contributed by atoms with Gasteiger partial charge in [-0.3, -0.25) is 9.69 Å². The zero-order valence-electron chi connectivity index (χ0n) is 14.0. The Balaban J connectivity index is 1.65. The van der Waals surface area contributed by atoms with E-state index in [-0.39, 0.29) is 17.2 Å². The summed E-state index contributed by atoms with van der Waals surface area (Å²) in [5.41, 5.74) is 0. The van der Waals surface area contributed by atoms with Gasteiger partial charge in [0.05, 0.1) is 12.3 Å². The average Bonchev–Trinajstić information content (AvgIpc) is 3.28. The number of likely N-dealkylation sites (tertiary alicyclic amines) is 1. The average molecular weight is 346 g/mol. The molecule has 24 heavy (non-hydrogen) atoms. The number of hydrogen-bond donors (Lipinski definition) is 0. The van der Waals surface area contributed by atoms with Crippen LogP contribution >= 0.6 is 11.8 Å². The van der Waals surface area contributed by atoms with Gasteiger partial charge in [-0.15, -0.1) is 5.10 Å². The van der Waals surface area contributed by atoms with Gasteiger partial charge in [0.1, 0.15) is 11.0 Å². The monoisotopic (exact) mass is 346 g/mol. The Hall–Kier alpha value is -1.60. The van der Waals surface area contributed by atoms with Gasteiger partial charge in [0.2, 0.25) is 0 Å². The van der Waals surface area contributed by atoms with E-state index < -0.39 is 0 Å². The molecule has 4 heterocycles. The highest BCUT2D eigenvalue weighted by atomic mass is 32.2. The highest BCUT2D eigenvalue weighted by Crippen LogP contribution is 2.42. The van der Waals surface area contributed by atoms with Crippen molar-refractivity contribution in [1.29, 1.82) is 0 Å². The molecule has 0 N–H and O–H groups in total. The Morgan fingerprint density at radius 2 is 2.38 bits per heavy atom. The number of furan rings is 1. The lowest BCUT2D eigenvalue weighted by atomic mass is 9.96. The van der Waals surface area contributed by atoms with Crippen molar-refractivity contribution in [3.8, 4) is 0 Å². The molecule has 0 aliphatic carbocycles. The lowest BCUT2D eigenvalue weighted by molar-refractivity contribution is 0.0756. The minimum absolute atomic E-state index is 0.0156. The number of aromatic nitrogens is 3. The van der Waals surface area contributed by atoms with Crippen molar-refractivity contribution in [2.24, 2.45) is 5.92 Å². The number of fused-ring (bicyclic) bond motifs is 1. The Morgan fingerprint density at radius 1 is 1.50 bits per heavy atom. The largest absolute Gasteiger partial charge is 0.468 e. The molecule has 6 nitrogen and oxygen atoms in total. The Kier molecular flexibility index (Phi) is 4.22. The van der Waals surface area contributed by atoms with E-state index in [2.05, 4.69) is 21.9 Å². The van der Waals surface area contributed by atoms with Gasteiger partial charge in [0.25, 0.3) is 5.91 Å². The van der Waals surface area contributed by atoms with Gasteiger partial charge in [-0.2, -0.15) is 4.68 Å². The summed E-state index contributed by atoms with van der Waals surface area (Å²) in [4.78, 5) is 19.8. The van der Waals surface area contributed by atoms with Crippen LogP contribution in [0, 0.1) is 5.92 Å². The van der Waals surface area contributed by atoms with Gasteiger partial charge < -0.3 is 4.42 Å². The maximum Gasteiger partial charge on any atom is 0.265 e. The van der Waals surface area contributed by atoms with Crippen molar-refractivity contribution in [3.05, 3.63) is 30.0 Å². The quantitative estimate of drug-likeness (QED) is 0.848. The molecule has 7 heteroatoms. The number of carbonyl (C=O) groups is 1. The SMILES string of the molecule is CCc1nc2n(n1)C(=O)C(C(c1ccco1)N1CCCC(C)C1)S2. The predicted molar refractivity (Wildman–Crippen MR) is 91.1 cm³/mol. The molecular weight excluding hydrogens is 324 g/mol. The zero-order valence-corrected chi connectivity index (χ0v) is 14.8. The second-order valence-corrected chi connectivity index (χ2v) is 7.76. The van der Waals surface area contributed by atoms with Gasteiger partial charge in [0.15, 0.2) is 11.0 Å². The minimum atomic E-state index is -0.248. The molecule has 3 atom stereocenters. The first kappa shape index (κ1) is 15.9. The Labute approximate surface area is 145 Å². The molecule has 4 rings (SSSR count). The van der Waals surface area contributed by atoms with Crippen LogP contribution in [0.15, 0.2) is 28.0 Å². The molecule has 2 aliphatic heterocycles. The topological polar surface area (TPSA) is 64.2 Å². The molecule has 2 aromatic rings. The molecule has 0 aromatic carbocycles. The fourth-order valence-electron chi connectivity index (χ4n) is 3.65. The van der Waals surface area contributed by atoms with E-state index in [1.807, 2.05) is 19.1 Å². The molecule has 1 saturated heterocycles. The highest BCUT2D eigenvalue weighted by Gasteiger charge is 2.44. The number of hydrogen-bond acceptors (Lipinski definition) is 6. The van der Waals surface area contributed by atoms with Crippen LogP contribution in [0.1, 0.15) is 49.1 Å². The van der Waals surface area contributed by atoms with Crippen LogP contribution in [0.4, 0.5) is 0 Å². The molecule has 2 aliphatic rings. The lowest BCUT2D eigenvalue weighted by Crippen LogP contribution is -2.43. The van der Waals surface area contributed by atoms with E-state index >= 15 is 0 Å². The summed E-state index contributed by atoms with van der Waals surface area (Å²) in [6.07, 6.45) is 4.83. The van der Waals surface area contributed by atoms with Gasteiger partial charge in [-0.25, -0.2) is 4.98 Å². The molecule has 1 fully saturated rings. The number of carbonyl (C=O) groups excluding carboxylic acids is 1. The van der Waals surface area contributed by atoms with Gasteiger partial charge >= 0.3 is 0 Å². The highest BCUT2D eigenvalue weighted by molar-refractivity contribution is 8.00. The standard InChI is InChI=1S/C17H22N4O2S/c1-3-13-18-17-21(19-13)16(22)15(24-17)14(12-7-5-9-23-12)20-8-4-6-11(2)10-20/h5,7,9,11,14-15H,3-4,6,8,10H2,1-2H3. The molecule has 2 aromatic heterocycles. The van der Waals surface area contributed by atoms with Gasteiger partial charge in [-0.05, 0) is 37.4 Å². The first-order chi connectivity index (χ1) is 11.7. The maximum absolute atomic E-state index is 13.0. The van der Waals surface area contributed by atoms with E-state index in [1.54, 1.807) is 6.26 Å². The molecule has 128 valence electrons. The fourth-order valence-corrected chi connectivity index (χ4v) is 4.90. The van der Waals surface area contributed by atoms with Crippen LogP contribution in [0.3, 0.4) is 0 Å². The molecule has 0 saturated carbocycles. The Bertz CT molecular complexity index is 727. The van der Waals surface area contributed by atoms with E-state index in [0.717, 1.165) is 37.5 Å². The molecule has 0 spiro atoms. The van der Waals surface area contributed by atoms with Crippen LogP contribution in [-0.4, -0.2) is 43.9 Å². The summed E-state index contributed by atoms with van der Waals surface area (Å²) in [6, 6.07) is 3.81. The smallest absolute Gasteiger partial charge is 0.265 e. The van der Waals surface area contributed by atoms with Crippen LogP contribution in [0.25, 0.3) is 0 Å². The number of thioether (sulfide) groups is 1. The molecule has 3 unspecified atom stereocenters. The number of piperidine rings is 1. The van der Waals surface area contributed by atoms with Crippen LogP contribution in [-0.2, 0) is 6.42 Å². The van der Waals surface area contributed by atoms with Crippen LogP contribution in [0.2, 0.25) is 0 Å². The third-order valence-corrected chi connectivity index (χ3v) is 6.01. The predicted octanol–water partition coefficient (Wildman–Crippen LogP) is 3.02. The van der Waals surface area contributed by atoms with Crippen LogP contribution in [0.5, 0.6) is 0 Å². The summed E-state index contributed by atoms with van der Waals surface area (Å²) in [7, 11) is 0. The van der Waals surface area contributed by atoms with Gasteiger partial charge in [0, 0.05) is 13.0 Å². The maximum atomic E-state index is 13.0. The van der Waals surface area contributed by atoms with Crippen molar-refractivity contribution in [1.82, 2.24) is 19.7 Å². The van der Waals surface area contributed by atoms with E-state index in [9.17, 15) is 4.79 Å². The second kappa shape index (κ2) is 6.37. The van der Waals surface area contributed by atoms with E-state index in [1.165, 1.54) is 22.9 Å². The van der Waals surface area contributed by atoms with Crippen molar-refractivity contribution in [3.63, 3.8) is 0 Å². The zero-order chi connectivity index (χ0) is 16.7. The summed E-state index contributed by atoms with van der Waals surface area (Å²) in [5.74, 6) is 2.24. The van der Waals surface area contributed by atoms with Crippen molar-refractivity contribution in [2.45, 2.75) is 49.6 Å².